The largest absolute Gasteiger partial charge is 0.487 e. The molecule has 0 spiro atoms. The molecule has 0 aliphatic heterocycles. The van der Waals surface area contributed by atoms with Gasteiger partial charge in [-0.2, -0.15) is 0 Å². The van der Waals surface area contributed by atoms with Crippen molar-refractivity contribution in [2.24, 2.45) is 0 Å². The van der Waals surface area contributed by atoms with Crippen LogP contribution >= 0.6 is 15.9 Å². The Kier molecular flexibility index (Phi) is 4.83. The molecular formula is C13H18BrNO2. The van der Waals surface area contributed by atoms with E-state index in [1.54, 1.807) is 7.11 Å². The van der Waals surface area contributed by atoms with E-state index in [0.717, 1.165) is 16.8 Å². The lowest BCUT2D eigenvalue weighted by Gasteiger charge is -2.19. The lowest BCUT2D eigenvalue weighted by atomic mass is 10.3. The van der Waals surface area contributed by atoms with Gasteiger partial charge in [-0.3, -0.25) is 0 Å². The van der Waals surface area contributed by atoms with Crippen molar-refractivity contribution < 1.29 is 9.47 Å². The molecule has 4 heteroatoms. The van der Waals surface area contributed by atoms with E-state index in [4.69, 9.17) is 9.47 Å². The van der Waals surface area contributed by atoms with Gasteiger partial charge in [0.05, 0.1) is 6.61 Å². The summed E-state index contributed by atoms with van der Waals surface area (Å²) in [5, 5.41) is 3.46. The molecule has 0 aromatic heterocycles. The molecule has 1 N–H and O–H groups in total. The van der Waals surface area contributed by atoms with Crippen LogP contribution in [0.1, 0.15) is 12.8 Å². The molecule has 1 aliphatic rings. The molecule has 2 rings (SSSR count). The highest BCUT2D eigenvalue weighted by Crippen LogP contribution is 2.20. The quantitative estimate of drug-likeness (QED) is 0.839. The molecule has 0 bridgehead atoms. The zero-order valence-corrected chi connectivity index (χ0v) is 11.6. The minimum absolute atomic E-state index is 0.0647. The number of ether oxygens (including phenoxy) is 2. The molecule has 3 nitrogen and oxygen atoms in total. The second kappa shape index (κ2) is 6.38. The van der Waals surface area contributed by atoms with Gasteiger partial charge in [-0.1, -0.05) is 22.0 Å². The fourth-order valence-electron chi connectivity index (χ4n) is 1.64. The van der Waals surface area contributed by atoms with Crippen LogP contribution < -0.4 is 10.1 Å². The Morgan fingerprint density at radius 3 is 2.94 bits per heavy atom. The lowest BCUT2D eigenvalue weighted by Crippen LogP contribution is -2.35. The van der Waals surface area contributed by atoms with E-state index in [1.165, 1.54) is 12.8 Å². The number of hydrogen-bond donors (Lipinski definition) is 1. The SMILES string of the molecule is COCC(CNC1CC1)Oc1cccc(Br)c1. The second-order valence-corrected chi connectivity index (χ2v) is 5.25. The van der Waals surface area contributed by atoms with Gasteiger partial charge in [-0.05, 0) is 31.0 Å². The van der Waals surface area contributed by atoms with Gasteiger partial charge in [0.1, 0.15) is 11.9 Å². The minimum Gasteiger partial charge on any atom is -0.487 e. The Labute approximate surface area is 111 Å². The van der Waals surface area contributed by atoms with Crippen LogP contribution in [-0.2, 0) is 4.74 Å². The van der Waals surface area contributed by atoms with Gasteiger partial charge in [-0.25, -0.2) is 0 Å². The van der Waals surface area contributed by atoms with E-state index in [0.29, 0.717) is 12.6 Å². The van der Waals surface area contributed by atoms with E-state index in [1.807, 2.05) is 24.3 Å². The van der Waals surface area contributed by atoms with Crippen LogP contribution in [0.4, 0.5) is 0 Å². The molecule has 1 aliphatic carbocycles. The van der Waals surface area contributed by atoms with E-state index in [-0.39, 0.29) is 6.10 Å². The van der Waals surface area contributed by atoms with Crippen LogP contribution in [0.2, 0.25) is 0 Å². The summed E-state index contributed by atoms with van der Waals surface area (Å²) in [5.74, 6) is 0.874. The number of halogens is 1. The molecule has 1 aromatic carbocycles. The Bertz CT molecular complexity index is 355. The third kappa shape index (κ3) is 4.66. The summed E-state index contributed by atoms with van der Waals surface area (Å²) in [6, 6.07) is 8.59. The van der Waals surface area contributed by atoms with E-state index >= 15 is 0 Å². The van der Waals surface area contributed by atoms with Crippen molar-refractivity contribution in [1.29, 1.82) is 0 Å². The maximum absolute atomic E-state index is 5.90. The van der Waals surface area contributed by atoms with Crippen molar-refractivity contribution in [3.8, 4) is 5.75 Å². The predicted octanol–water partition coefficient (Wildman–Crippen LogP) is 2.59. The zero-order chi connectivity index (χ0) is 12.1. The highest BCUT2D eigenvalue weighted by atomic mass is 79.9. The van der Waals surface area contributed by atoms with Crippen molar-refractivity contribution in [2.45, 2.75) is 25.0 Å². The summed E-state index contributed by atoms with van der Waals surface area (Å²) in [4.78, 5) is 0. The third-order valence-corrected chi connectivity index (χ3v) is 3.16. The first-order valence-electron chi connectivity index (χ1n) is 5.92. The molecule has 1 unspecified atom stereocenters. The monoisotopic (exact) mass is 299 g/mol. The fraction of sp³-hybridized carbons (Fsp3) is 0.538. The van der Waals surface area contributed by atoms with Crippen LogP contribution in [0.3, 0.4) is 0 Å². The molecule has 17 heavy (non-hydrogen) atoms. The smallest absolute Gasteiger partial charge is 0.134 e. The second-order valence-electron chi connectivity index (χ2n) is 4.34. The van der Waals surface area contributed by atoms with Gasteiger partial charge >= 0.3 is 0 Å². The molecule has 1 aromatic rings. The maximum atomic E-state index is 5.90. The van der Waals surface area contributed by atoms with Gasteiger partial charge in [-0.15, -0.1) is 0 Å². The van der Waals surface area contributed by atoms with Gasteiger partial charge in [0.25, 0.3) is 0 Å². The predicted molar refractivity (Wildman–Crippen MR) is 71.5 cm³/mol. The van der Waals surface area contributed by atoms with Crippen LogP contribution in [-0.4, -0.2) is 32.4 Å². The summed E-state index contributed by atoms with van der Waals surface area (Å²) < 4.78 is 12.1. The molecule has 94 valence electrons. The van der Waals surface area contributed by atoms with Crippen molar-refractivity contribution in [2.75, 3.05) is 20.3 Å². The summed E-state index contributed by atoms with van der Waals surface area (Å²) in [6.07, 6.45) is 2.64. The van der Waals surface area contributed by atoms with Crippen molar-refractivity contribution in [3.63, 3.8) is 0 Å². The molecule has 0 heterocycles. The first kappa shape index (κ1) is 12.9. The Balaban J connectivity index is 1.86. The topological polar surface area (TPSA) is 30.5 Å². The number of hydrogen-bond acceptors (Lipinski definition) is 3. The number of rotatable bonds is 7. The van der Waals surface area contributed by atoms with Gasteiger partial charge in [0, 0.05) is 24.2 Å². The Morgan fingerprint density at radius 2 is 2.29 bits per heavy atom. The van der Waals surface area contributed by atoms with Crippen LogP contribution in [0.25, 0.3) is 0 Å². The van der Waals surface area contributed by atoms with Gasteiger partial charge < -0.3 is 14.8 Å². The average Bonchev–Trinajstić information content (AvgIpc) is 3.10. The average molecular weight is 300 g/mol. The van der Waals surface area contributed by atoms with E-state index in [9.17, 15) is 0 Å². The van der Waals surface area contributed by atoms with E-state index in [2.05, 4.69) is 21.2 Å². The van der Waals surface area contributed by atoms with Crippen LogP contribution in [0, 0.1) is 0 Å². The highest BCUT2D eigenvalue weighted by molar-refractivity contribution is 9.10. The minimum atomic E-state index is 0.0647. The Hall–Kier alpha value is -0.580. The summed E-state index contributed by atoms with van der Waals surface area (Å²) in [5.41, 5.74) is 0. The van der Waals surface area contributed by atoms with Crippen molar-refractivity contribution in [3.05, 3.63) is 28.7 Å². The van der Waals surface area contributed by atoms with E-state index < -0.39 is 0 Å². The lowest BCUT2D eigenvalue weighted by molar-refractivity contribution is 0.0803. The maximum Gasteiger partial charge on any atom is 0.134 e. The Morgan fingerprint density at radius 1 is 1.47 bits per heavy atom. The first-order valence-corrected chi connectivity index (χ1v) is 6.72. The van der Waals surface area contributed by atoms with Crippen LogP contribution in [0.15, 0.2) is 28.7 Å². The first-order chi connectivity index (χ1) is 8.28. The molecule has 1 atom stereocenters. The normalized spacial score (nSPS) is 16.8. The molecule has 1 fully saturated rings. The number of benzene rings is 1. The highest BCUT2D eigenvalue weighted by Gasteiger charge is 2.22. The third-order valence-electron chi connectivity index (χ3n) is 2.66. The zero-order valence-electron chi connectivity index (χ0n) is 9.99. The van der Waals surface area contributed by atoms with Crippen molar-refractivity contribution >= 4 is 15.9 Å². The number of nitrogens with one attached hydrogen (secondary N) is 1. The molecular weight excluding hydrogens is 282 g/mol. The summed E-state index contributed by atoms with van der Waals surface area (Å²) in [6.45, 7) is 1.44. The van der Waals surface area contributed by atoms with Gasteiger partial charge in [0.2, 0.25) is 0 Å². The summed E-state index contributed by atoms with van der Waals surface area (Å²) >= 11 is 3.44. The molecule has 0 radical (unpaired) electrons. The standard InChI is InChI=1S/C13H18BrNO2/c1-16-9-13(8-15-11-5-6-11)17-12-4-2-3-10(14)7-12/h2-4,7,11,13,15H,5-6,8-9H2,1H3. The molecule has 0 saturated heterocycles. The number of methoxy groups -OCH3 is 1. The van der Waals surface area contributed by atoms with Gasteiger partial charge in [0.15, 0.2) is 0 Å². The fourth-order valence-corrected chi connectivity index (χ4v) is 2.02. The van der Waals surface area contributed by atoms with Crippen molar-refractivity contribution in [1.82, 2.24) is 5.32 Å². The van der Waals surface area contributed by atoms with Crippen LogP contribution in [0.5, 0.6) is 5.75 Å². The molecule has 0 amide bonds. The summed E-state index contributed by atoms with van der Waals surface area (Å²) in [7, 11) is 1.70. The molecule has 1 saturated carbocycles.